The molecule has 0 saturated carbocycles. The van der Waals surface area contributed by atoms with Crippen molar-refractivity contribution in [3.05, 3.63) is 29.6 Å². The number of alkyl halides is 1. The Labute approximate surface area is 88.5 Å². The topological polar surface area (TPSA) is 42.0 Å². The van der Waals surface area contributed by atoms with Gasteiger partial charge in [-0.1, -0.05) is 13.0 Å². The number of nitrogens with one attached hydrogen (secondary N) is 1. The summed E-state index contributed by atoms with van der Waals surface area (Å²) in [5.41, 5.74) is 2.07. The maximum absolute atomic E-state index is 10.9. The second-order valence-corrected chi connectivity index (χ2v) is 3.14. The van der Waals surface area contributed by atoms with Crippen LogP contribution < -0.4 is 5.32 Å². The highest BCUT2D eigenvalue weighted by Crippen LogP contribution is 2.05. The van der Waals surface area contributed by atoms with Gasteiger partial charge < -0.3 is 5.32 Å². The summed E-state index contributed by atoms with van der Waals surface area (Å²) >= 11 is 5.36. The Morgan fingerprint density at radius 3 is 3.07 bits per heavy atom. The van der Waals surface area contributed by atoms with Gasteiger partial charge in [-0.05, 0) is 18.1 Å². The molecule has 0 saturated heterocycles. The summed E-state index contributed by atoms with van der Waals surface area (Å²) in [6.45, 7) is 2.51. The van der Waals surface area contributed by atoms with Crippen LogP contribution in [-0.2, 0) is 17.8 Å². The molecule has 0 aliphatic heterocycles. The van der Waals surface area contributed by atoms with Crippen LogP contribution in [0, 0.1) is 0 Å². The molecule has 1 N–H and O–H groups in total. The van der Waals surface area contributed by atoms with Gasteiger partial charge in [-0.3, -0.25) is 9.78 Å². The number of amides is 1. The summed E-state index contributed by atoms with van der Waals surface area (Å²) in [5, 5.41) is 2.69. The predicted octanol–water partition coefficient (Wildman–Crippen LogP) is 1.50. The van der Waals surface area contributed by atoms with Gasteiger partial charge in [0.05, 0.1) is 12.2 Å². The van der Waals surface area contributed by atoms with Crippen molar-refractivity contribution in [1.29, 1.82) is 0 Å². The number of aryl methyl sites for hydroxylation is 1. The molecule has 0 bridgehead atoms. The summed E-state index contributed by atoms with van der Waals surface area (Å²) in [6.07, 6.45) is 2.64. The van der Waals surface area contributed by atoms with Crippen LogP contribution in [0.15, 0.2) is 18.3 Å². The standard InChI is InChI=1S/C10H13ClN2O/c1-2-8-4-3-5-12-9(8)7-13-10(14)6-11/h3-5H,2,6-7H2,1H3,(H,13,14). The average Bonchev–Trinajstić information content (AvgIpc) is 2.26. The van der Waals surface area contributed by atoms with Crippen molar-refractivity contribution in [2.45, 2.75) is 19.9 Å². The molecule has 3 nitrogen and oxygen atoms in total. The van der Waals surface area contributed by atoms with Gasteiger partial charge in [-0.2, -0.15) is 0 Å². The van der Waals surface area contributed by atoms with Crippen LogP contribution in [0.5, 0.6) is 0 Å². The Bertz CT molecular complexity index is 315. The van der Waals surface area contributed by atoms with Crippen LogP contribution in [0.3, 0.4) is 0 Å². The molecule has 0 fully saturated rings. The predicted molar refractivity (Wildman–Crippen MR) is 56.2 cm³/mol. The lowest BCUT2D eigenvalue weighted by molar-refractivity contribution is -0.118. The fourth-order valence-corrected chi connectivity index (χ4v) is 1.28. The summed E-state index contributed by atoms with van der Waals surface area (Å²) in [6, 6.07) is 3.90. The lowest BCUT2D eigenvalue weighted by Gasteiger charge is -2.06. The van der Waals surface area contributed by atoms with E-state index in [2.05, 4.69) is 17.2 Å². The smallest absolute Gasteiger partial charge is 0.235 e. The monoisotopic (exact) mass is 212 g/mol. The first-order valence-corrected chi connectivity index (χ1v) is 5.06. The third-order valence-corrected chi connectivity index (χ3v) is 2.18. The van der Waals surface area contributed by atoms with Gasteiger partial charge in [0, 0.05) is 6.20 Å². The van der Waals surface area contributed by atoms with Crippen molar-refractivity contribution in [1.82, 2.24) is 10.3 Å². The summed E-state index contributed by atoms with van der Waals surface area (Å²) in [5.74, 6) is -0.173. The zero-order chi connectivity index (χ0) is 10.4. The van der Waals surface area contributed by atoms with Crippen molar-refractivity contribution in [2.75, 3.05) is 5.88 Å². The van der Waals surface area contributed by atoms with E-state index in [-0.39, 0.29) is 11.8 Å². The fraction of sp³-hybridized carbons (Fsp3) is 0.400. The van der Waals surface area contributed by atoms with Gasteiger partial charge in [0.2, 0.25) is 5.91 Å². The number of carbonyl (C=O) groups is 1. The molecule has 0 atom stereocenters. The van der Waals surface area contributed by atoms with E-state index >= 15 is 0 Å². The first kappa shape index (κ1) is 11.0. The van der Waals surface area contributed by atoms with E-state index in [1.807, 2.05) is 12.1 Å². The van der Waals surface area contributed by atoms with E-state index in [1.165, 1.54) is 0 Å². The molecule has 0 unspecified atom stereocenters. The number of carbonyl (C=O) groups excluding carboxylic acids is 1. The third kappa shape index (κ3) is 3.00. The highest BCUT2D eigenvalue weighted by atomic mass is 35.5. The van der Waals surface area contributed by atoms with Crippen LogP contribution >= 0.6 is 11.6 Å². The molecule has 1 rings (SSSR count). The van der Waals surface area contributed by atoms with Gasteiger partial charge in [0.15, 0.2) is 0 Å². The molecule has 1 aromatic rings. The Morgan fingerprint density at radius 1 is 1.64 bits per heavy atom. The van der Waals surface area contributed by atoms with Gasteiger partial charge in [-0.25, -0.2) is 0 Å². The van der Waals surface area contributed by atoms with Crippen molar-refractivity contribution in [2.24, 2.45) is 0 Å². The van der Waals surface area contributed by atoms with Crippen molar-refractivity contribution < 1.29 is 4.79 Å². The van der Waals surface area contributed by atoms with E-state index in [0.29, 0.717) is 6.54 Å². The molecule has 0 aliphatic carbocycles. The quantitative estimate of drug-likeness (QED) is 0.769. The fourth-order valence-electron chi connectivity index (χ4n) is 1.18. The Kier molecular flexibility index (Phi) is 4.40. The number of rotatable bonds is 4. The third-order valence-electron chi connectivity index (χ3n) is 1.94. The largest absolute Gasteiger partial charge is 0.349 e. The molecule has 4 heteroatoms. The average molecular weight is 213 g/mol. The Morgan fingerprint density at radius 2 is 2.43 bits per heavy atom. The minimum Gasteiger partial charge on any atom is -0.349 e. The molecule has 1 amide bonds. The van der Waals surface area contributed by atoms with E-state index in [4.69, 9.17) is 11.6 Å². The molecular formula is C10H13ClN2O. The van der Waals surface area contributed by atoms with Crippen molar-refractivity contribution in [3.63, 3.8) is 0 Å². The SMILES string of the molecule is CCc1cccnc1CNC(=O)CCl. The number of halogens is 1. The molecular weight excluding hydrogens is 200 g/mol. The van der Waals surface area contributed by atoms with Gasteiger partial charge in [0.1, 0.15) is 5.88 Å². The minimum atomic E-state index is -0.167. The highest BCUT2D eigenvalue weighted by Gasteiger charge is 2.03. The van der Waals surface area contributed by atoms with E-state index < -0.39 is 0 Å². The number of nitrogens with zero attached hydrogens (tertiary/aromatic N) is 1. The van der Waals surface area contributed by atoms with E-state index in [0.717, 1.165) is 17.7 Å². The molecule has 0 radical (unpaired) electrons. The second kappa shape index (κ2) is 5.60. The number of pyridine rings is 1. The van der Waals surface area contributed by atoms with E-state index in [9.17, 15) is 4.79 Å². The van der Waals surface area contributed by atoms with Crippen LogP contribution in [-0.4, -0.2) is 16.8 Å². The summed E-state index contributed by atoms with van der Waals surface area (Å²) in [7, 11) is 0. The van der Waals surface area contributed by atoms with Crippen LogP contribution in [0.4, 0.5) is 0 Å². The van der Waals surface area contributed by atoms with Gasteiger partial charge in [0.25, 0.3) is 0 Å². The molecule has 1 aromatic heterocycles. The minimum absolute atomic E-state index is 0.00566. The van der Waals surface area contributed by atoms with Crippen molar-refractivity contribution in [3.8, 4) is 0 Å². The van der Waals surface area contributed by atoms with Gasteiger partial charge >= 0.3 is 0 Å². The van der Waals surface area contributed by atoms with Gasteiger partial charge in [-0.15, -0.1) is 11.6 Å². The van der Waals surface area contributed by atoms with E-state index in [1.54, 1.807) is 6.20 Å². The molecule has 1 heterocycles. The molecule has 76 valence electrons. The Balaban J connectivity index is 2.61. The van der Waals surface area contributed by atoms with Crippen LogP contribution in [0.2, 0.25) is 0 Å². The van der Waals surface area contributed by atoms with Crippen LogP contribution in [0.25, 0.3) is 0 Å². The summed E-state index contributed by atoms with van der Waals surface area (Å²) < 4.78 is 0. The lowest BCUT2D eigenvalue weighted by atomic mass is 10.1. The first-order valence-electron chi connectivity index (χ1n) is 4.53. The Hall–Kier alpha value is -1.09. The normalized spacial score (nSPS) is 9.86. The maximum atomic E-state index is 10.9. The second-order valence-electron chi connectivity index (χ2n) is 2.87. The summed E-state index contributed by atoms with van der Waals surface area (Å²) in [4.78, 5) is 15.1. The molecule has 0 aliphatic rings. The number of hydrogen-bond acceptors (Lipinski definition) is 2. The zero-order valence-corrected chi connectivity index (χ0v) is 8.84. The molecule has 14 heavy (non-hydrogen) atoms. The molecule has 0 aromatic carbocycles. The lowest BCUT2D eigenvalue weighted by Crippen LogP contribution is -2.24. The van der Waals surface area contributed by atoms with Crippen molar-refractivity contribution >= 4 is 17.5 Å². The maximum Gasteiger partial charge on any atom is 0.235 e. The number of hydrogen-bond donors (Lipinski definition) is 1. The number of aromatic nitrogens is 1. The van der Waals surface area contributed by atoms with Crippen LogP contribution in [0.1, 0.15) is 18.2 Å². The first-order chi connectivity index (χ1) is 6.77. The highest BCUT2D eigenvalue weighted by molar-refractivity contribution is 6.27. The zero-order valence-electron chi connectivity index (χ0n) is 8.09. The molecule has 0 spiro atoms.